The van der Waals surface area contributed by atoms with Gasteiger partial charge >= 0.3 is 0 Å². The van der Waals surface area contributed by atoms with E-state index in [0.717, 1.165) is 11.4 Å². The molecule has 120 valence electrons. The van der Waals surface area contributed by atoms with E-state index in [-0.39, 0.29) is 30.7 Å². The van der Waals surface area contributed by atoms with Crippen molar-refractivity contribution >= 4 is 17.5 Å². The second-order valence-electron chi connectivity index (χ2n) is 5.67. The van der Waals surface area contributed by atoms with Crippen molar-refractivity contribution in [1.82, 2.24) is 4.90 Å². The van der Waals surface area contributed by atoms with Gasteiger partial charge in [-0.25, -0.2) is 0 Å². The molecule has 2 atom stereocenters. The summed E-state index contributed by atoms with van der Waals surface area (Å²) in [5, 5.41) is 9.36. The van der Waals surface area contributed by atoms with Crippen molar-refractivity contribution in [1.29, 1.82) is 0 Å². The van der Waals surface area contributed by atoms with Crippen molar-refractivity contribution in [2.24, 2.45) is 5.92 Å². The van der Waals surface area contributed by atoms with Crippen LogP contribution in [0.5, 0.6) is 5.75 Å². The Labute approximate surface area is 130 Å². The molecule has 1 aromatic carbocycles. The first-order chi connectivity index (χ1) is 10.4. The second-order valence-corrected chi connectivity index (χ2v) is 5.67. The predicted octanol–water partition coefficient (Wildman–Crippen LogP) is 0.887. The lowest BCUT2D eigenvalue weighted by Crippen LogP contribution is -2.38. The summed E-state index contributed by atoms with van der Waals surface area (Å²) in [6, 6.07) is 7.20. The normalized spacial score (nSPS) is 19.2. The molecule has 1 saturated heterocycles. The topological polar surface area (TPSA) is 70.1 Å². The van der Waals surface area contributed by atoms with Crippen LogP contribution in [0.1, 0.15) is 13.3 Å². The second kappa shape index (κ2) is 6.79. The number of hydrogen-bond donors (Lipinski definition) is 1. The minimum atomic E-state index is -0.580. The van der Waals surface area contributed by atoms with Crippen molar-refractivity contribution in [3.05, 3.63) is 24.3 Å². The minimum absolute atomic E-state index is 0.0611. The Morgan fingerprint density at radius 2 is 2.09 bits per heavy atom. The van der Waals surface area contributed by atoms with Crippen LogP contribution < -0.4 is 9.64 Å². The average molecular weight is 306 g/mol. The van der Waals surface area contributed by atoms with Gasteiger partial charge in [-0.2, -0.15) is 0 Å². The Bertz CT molecular complexity index is 542. The molecule has 0 spiro atoms. The monoisotopic (exact) mass is 306 g/mol. The largest absolute Gasteiger partial charge is 0.497 e. The Balaban J connectivity index is 2.05. The molecule has 1 aliphatic rings. The zero-order chi connectivity index (χ0) is 16.3. The Hall–Kier alpha value is -2.08. The number of anilines is 1. The number of rotatable bonds is 5. The van der Waals surface area contributed by atoms with Gasteiger partial charge in [-0.15, -0.1) is 0 Å². The lowest BCUT2D eigenvalue weighted by atomic mass is 10.1. The highest BCUT2D eigenvalue weighted by atomic mass is 16.5. The van der Waals surface area contributed by atoms with Crippen LogP contribution >= 0.6 is 0 Å². The Kier molecular flexibility index (Phi) is 5.03. The zero-order valence-corrected chi connectivity index (χ0v) is 13.2. The van der Waals surface area contributed by atoms with Crippen molar-refractivity contribution in [2.75, 3.05) is 32.1 Å². The molecule has 0 radical (unpaired) electrons. The number of carbonyl (C=O) groups excluding carboxylic acids is 2. The van der Waals surface area contributed by atoms with E-state index in [9.17, 15) is 14.7 Å². The predicted molar refractivity (Wildman–Crippen MR) is 82.8 cm³/mol. The summed E-state index contributed by atoms with van der Waals surface area (Å²) < 4.78 is 5.10. The Morgan fingerprint density at radius 1 is 1.45 bits per heavy atom. The van der Waals surface area contributed by atoms with E-state index in [1.807, 2.05) is 12.1 Å². The molecular weight excluding hydrogens is 284 g/mol. The quantitative estimate of drug-likeness (QED) is 0.877. The minimum Gasteiger partial charge on any atom is -0.497 e. The molecule has 1 aromatic rings. The van der Waals surface area contributed by atoms with Gasteiger partial charge < -0.3 is 19.6 Å². The van der Waals surface area contributed by atoms with Crippen LogP contribution in [0.4, 0.5) is 5.69 Å². The van der Waals surface area contributed by atoms with Crippen LogP contribution in [-0.2, 0) is 9.59 Å². The van der Waals surface area contributed by atoms with Gasteiger partial charge in [0.15, 0.2) is 0 Å². The molecule has 6 heteroatoms. The number of nitrogens with zero attached hydrogens (tertiary/aromatic N) is 2. The number of methoxy groups -OCH3 is 1. The maximum absolute atomic E-state index is 12.3. The van der Waals surface area contributed by atoms with Crippen LogP contribution in [0, 0.1) is 5.92 Å². The van der Waals surface area contributed by atoms with Crippen LogP contribution in [0.3, 0.4) is 0 Å². The van der Waals surface area contributed by atoms with Crippen LogP contribution in [-0.4, -0.2) is 55.2 Å². The lowest BCUT2D eigenvalue weighted by molar-refractivity contribution is -0.135. The third-order valence-electron chi connectivity index (χ3n) is 3.77. The molecule has 0 aliphatic carbocycles. The summed E-state index contributed by atoms with van der Waals surface area (Å²) in [4.78, 5) is 27.6. The highest BCUT2D eigenvalue weighted by Crippen LogP contribution is 2.27. The average Bonchev–Trinajstić information content (AvgIpc) is 2.87. The fraction of sp³-hybridized carbons (Fsp3) is 0.500. The van der Waals surface area contributed by atoms with E-state index in [1.54, 1.807) is 38.1 Å². The summed E-state index contributed by atoms with van der Waals surface area (Å²) in [7, 11) is 3.23. The van der Waals surface area contributed by atoms with Gasteiger partial charge in [0, 0.05) is 32.2 Å². The van der Waals surface area contributed by atoms with Crippen molar-refractivity contribution in [3.63, 3.8) is 0 Å². The number of aliphatic hydroxyl groups excluding tert-OH is 1. The van der Waals surface area contributed by atoms with E-state index in [4.69, 9.17) is 4.74 Å². The molecule has 6 nitrogen and oxygen atoms in total. The maximum atomic E-state index is 12.3. The number of amides is 2. The standard InChI is InChI=1S/C16H22N2O4/c1-11(19)9-17(2)16(21)12-8-15(20)18(10-12)13-4-6-14(22-3)7-5-13/h4-7,11-12,19H,8-10H2,1-3H3/t11-,12+/m1/s1. The highest BCUT2D eigenvalue weighted by molar-refractivity contribution is 6.00. The number of carbonyl (C=O) groups is 2. The summed E-state index contributed by atoms with van der Waals surface area (Å²) in [6.07, 6.45) is -0.376. The first-order valence-electron chi connectivity index (χ1n) is 7.30. The number of ether oxygens (including phenoxy) is 1. The van der Waals surface area contributed by atoms with Crippen LogP contribution in [0.2, 0.25) is 0 Å². The summed E-state index contributed by atoms with van der Waals surface area (Å²) in [5.41, 5.74) is 0.763. The smallest absolute Gasteiger partial charge is 0.227 e. The number of likely N-dealkylation sites (N-methyl/N-ethyl adjacent to an activating group) is 1. The van der Waals surface area contributed by atoms with Crippen LogP contribution in [0.25, 0.3) is 0 Å². The first-order valence-corrected chi connectivity index (χ1v) is 7.30. The van der Waals surface area contributed by atoms with Gasteiger partial charge in [0.05, 0.1) is 19.1 Å². The van der Waals surface area contributed by atoms with Gasteiger partial charge in [-0.05, 0) is 31.2 Å². The van der Waals surface area contributed by atoms with Crippen molar-refractivity contribution in [3.8, 4) is 5.75 Å². The molecule has 0 aromatic heterocycles. The van der Waals surface area contributed by atoms with E-state index >= 15 is 0 Å². The van der Waals surface area contributed by atoms with Gasteiger partial charge in [0.25, 0.3) is 0 Å². The first kappa shape index (κ1) is 16.3. The van der Waals surface area contributed by atoms with Gasteiger partial charge in [-0.1, -0.05) is 0 Å². The SMILES string of the molecule is COc1ccc(N2C[C@@H](C(=O)N(C)C[C@@H](C)O)CC2=O)cc1. The maximum Gasteiger partial charge on any atom is 0.227 e. The molecule has 1 heterocycles. The number of hydrogen-bond acceptors (Lipinski definition) is 4. The fourth-order valence-corrected chi connectivity index (χ4v) is 2.68. The summed E-state index contributed by atoms with van der Waals surface area (Å²) in [5.74, 6) is 0.192. The van der Waals surface area contributed by atoms with Gasteiger partial charge in [0.1, 0.15) is 5.75 Å². The molecule has 0 saturated carbocycles. The molecule has 0 bridgehead atoms. The molecule has 2 amide bonds. The van der Waals surface area contributed by atoms with E-state index in [0.29, 0.717) is 6.54 Å². The summed E-state index contributed by atoms with van der Waals surface area (Å²) >= 11 is 0. The molecule has 1 aliphatic heterocycles. The van der Waals surface area contributed by atoms with Crippen LogP contribution in [0.15, 0.2) is 24.3 Å². The number of benzene rings is 1. The van der Waals surface area contributed by atoms with E-state index in [1.165, 1.54) is 4.90 Å². The van der Waals surface area contributed by atoms with Gasteiger partial charge in [-0.3, -0.25) is 9.59 Å². The highest BCUT2D eigenvalue weighted by Gasteiger charge is 2.36. The molecular formula is C16H22N2O4. The summed E-state index contributed by atoms with van der Waals surface area (Å²) in [6.45, 7) is 2.27. The molecule has 1 N–H and O–H groups in total. The third-order valence-corrected chi connectivity index (χ3v) is 3.77. The Morgan fingerprint density at radius 3 is 2.64 bits per heavy atom. The van der Waals surface area contributed by atoms with Gasteiger partial charge in [0.2, 0.25) is 11.8 Å². The van der Waals surface area contributed by atoms with E-state index in [2.05, 4.69) is 0 Å². The molecule has 2 rings (SSSR count). The van der Waals surface area contributed by atoms with Crippen molar-refractivity contribution < 1.29 is 19.4 Å². The zero-order valence-electron chi connectivity index (χ0n) is 13.2. The molecule has 1 fully saturated rings. The lowest BCUT2D eigenvalue weighted by Gasteiger charge is -2.22. The third kappa shape index (κ3) is 3.57. The molecule has 22 heavy (non-hydrogen) atoms. The van der Waals surface area contributed by atoms with Crippen molar-refractivity contribution in [2.45, 2.75) is 19.4 Å². The van der Waals surface area contributed by atoms with E-state index < -0.39 is 6.10 Å². The molecule has 0 unspecified atom stereocenters. The fourth-order valence-electron chi connectivity index (χ4n) is 2.68. The number of aliphatic hydroxyl groups is 1.